The number of rotatable bonds is 10. The minimum atomic E-state index is -0.860. The third kappa shape index (κ3) is 7.89. The Hall–Kier alpha value is -1.43. The predicted octanol–water partition coefficient (Wildman–Crippen LogP) is 1.38. The fraction of sp³-hybridized carbons (Fsp3) is 0.786. The second kappa shape index (κ2) is 10.4. The summed E-state index contributed by atoms with van der Waals surface area (Å²) < 4.78 is 9.49. The van der Waals surface area contributed by atoms with Crippen molar-refractivity contribution < 1.29 is 29.0 Å². The molecule has 0 aromatic rings. The first-order chi connectivity index (χ1) is 9.44. The minimum Gasteiger partial charge on any atom is -0.469 e. The number of ketones is 1. The van der Waals surface area contributed by atoms with Gasteiger partial charge in [0.15, 0.2) is 11.9 Å². The summed E-state index contributed by atoms with van der Waals surface area (Å²) in [5.74, 6) is -1.38. The van der Waals surface area contributed by atoms with Crippen LogP contribution in [0.1, 0.15) is 52.4 Å². The topological polar surface area (TPSA) is 89.9 Å². The van der Waals surface area contributed by atoms with E-state index in [1.165, 1.54) is 7.11 Å². The monoisotopic (exact) mass is 288 g/mol. The lowest BCUT2D eigenvalue weighted by atomic mass is 10.1. The summed E-state index contributed by atoms with van der Waals surface area (Å²) in [7, 11) is 1.25. The van der Waals surface area contributed by atoms with Crippen molar-refractivity contribution in [3.05, 3.63) is 0 Å². The number of methoxy groups -OCH3 is 1. The van der Waals surface area contributed by atoms with E-state index in [2.05, 4.69) is 4.74 Å². The number of carbonyl (C=O) groups is 3. The normalized spacial score (nSPS) is 13.4. The highest BCUT2D eigenvalue weighted by molar-refractivity contribution is 5.88. The number of hydrogen-bond acceptors (Lipinski definition) is 6. The zero-order valence-electron chi connectivity index (χ0n) is 12.4. The van der Waals surface area contributed by atoms with Gasteiger partial charge in [-0.25, -0.2) is 0 Å². The molecule has 2 atom stereocenters. The molecule has 0 amide bonds. The third-order valence-electron chi connectivity index (χ3n) is 2.83. The molecule has 0 heterocycles. The number of aliphatic hydroxyl groups excluding tert-OH is 1. The maximum absolute atomic E-state index is 11.8. The van der Waals surface area contributed by atoms with Gasteiger partial charge in [-0.1, -0.05) is 20.3 Å². The quantitative estimate of drug-likeness (QED) is 0.611. The van der Waals surface area contributed by atoms with Crippen molar-refractivity contribution in [1.29, 1.82) is 0 Å². The van der Waals surface area contributed by atoms with E-state index in [0.717, 1.165) is 6.42 Å². The Morgan fingerprint density at radius 1 is 1.10 bits per heavy atom. The molecule has 0 spiro atoms. The van der Waals surface area contributed by atoms with Crippen LogP contribution < -0.4 is 0 Å². The van der Waals surface area contributed by atoms with E-state index < -0.39 is 24.1 Å². The molecule has 0 saturated heterocycles. The highest BCUT2D eigenvalue weighted by Crippen LogP contribution is 2.09. The fourth-order valence-corrected chi connectivity index (χ4v) is 1.70. The van der Waals surface area contributed by atoms with Gasteiger partial charge < -0.3 is 14.6 Å². The van der Waals surface area contributed by atoms with Gasteiger partial charge in [0.1, 0.15) is 0 Å². The summed E-state index contributed by atoms with van der Waals surface area (Å²) in [6, 6.07) is 0. The molecule has 0 aliphatic rings. The molecule has 0 aliphatic carbocycles. The molecule has 116 valence electrons. The predicted molar refractivity (Wildman–Crippen MR) is 72.0 cm³/mol. The van der Waals surface area contributed by atoms with E-state index in [9.17, 15) is 19.5 Å². The summed E-state index contributed by atoms with van der Waals surface area (Å²) in [6.45, 7) is 3.62. The van der Waals surface area contributed by atoms with Crippen LogP contribution in [0.3, 0.4) is 0 Å². The number of esters is 2. The molecule has 0 aromatic heterocycles. The van der Waals surface area contributed by atoms with Crippen LogP contribution >= 0.6 is 0 Å². The standard InChI is InChI=1S/C14H24O6/c1-4-6-10(15)9-14(18)20-12(5-2)11(16)7-8-13(17)19-3/h10,12,15H,4-9H2,1-3H3. The van der Waals surface area contributed by atoms with Crippen molar-refractivity contribution in [2.24, 2.45) is 0 Å². The first kappa shape index (κ1) is 18.6. The molecule has 2 unspecified atom stereocenters. The lowest BCUT2D eigenvalue weighted by Crippen LogP contribution is -2.28. The molecule has 6 heteroatoms. The fourth-order valence-electron chi connectivity index (χ4n) is 1.70. The van der Waals surface area contributed by atoms with E-state index in [4.69, 9.17) is 4.74 Å². The molecule has 0 radical (unpaired) electrons. The van der Waals surface area contributed by atoms with Gasteiger partial charge in [0.05, 0.1) is 26.1 Å². The van der Waals surface area contributed by atoms with Gasteiger partial charge in [0, 0.05) is 6.42 Å². The summed E-state index contributed by atoms with van der Waals surface area (Å²) in [4.78, 5) is 34.3. The highest BCUT2D eigenvalue weighted by Gasteiger charge is 2.22. The molecule has 0 aliphatic heterocycles. The SMILES string of the molecule is CCCC(O)CC(=O)OC(CC)C(=O)CCC(=O)OC. The number of aliphatic hydroxyl groups is 1. The van der Waals surface area contributed by atoms with Crippen LogP contribution in [0.2, 0.25) is 0 Å². The van der Waals surface area contributed by atoms with Gasteiger partial charge in [-0.2, -0.15) is 0 Å². The molecule has 0 rings (SSSR count). The number of Topliss-reactive ketones (excluding diaryl/α,β-unsaturated/α-hetero) is 1. The zero-order chi connectivity index (χ0) is 15.5. The zero-order valence-corrected chi connectivity index (χ0v) is 12.4. The van der Waals surface area contributed by atoms with Crippen molar-refractivity contribution in [2.75, 3.05) is 7.11 Å². The van der Waals surface area contributed by atoms with Crippen LogP contribution in [0.15, 0.2) is 0 Å². The van der Waals surface area contributed by atoms with Crippen molar-refractivity contribution in [2.45, 2.75) is 64.6 Å². The van der Waals surface area contributed by atoms with Gasteiger partial charge in [-0.3, -0.25) is 14.4 Å². The molecule has 20 heavy (non-hydrogen) atoms. The first-order valence-corrected chi connectivity index (χ1v) is 6.91. The first-order valence-electron chi connectivity index (χ1n) is 6.91. The van der Waals surface area contributed by atoms with Crippen LogP contribution in [-0.2, 0) is 23.9 Å². The third-order valence-corrected chi connectivity index (χ3v) is 2.83. The van der Waals surface area contributed by atoms with Crippen LogP contribution in [0.5, 0.6) is 0 Å². The van der Waals surface area contributed by atoms with Crippen LogP contribution in [0.25, 0.3) is 0 Å². The largest absolute Gasteiger partial charge is 0.469 e. The molecule has 0 aromatic carbocycles. The van der Waals surface area contributed by atoms with Crippen LogP contribution in [-0.4, -0.2) is 42.1 Å². The Morgan fingerprint density at radius 3 is 2.25 bits per heavy atom. The molecular formula is C14H24O6. The Bertz CT molecular complexity index is 326. The lowest BCUT2D eigenvalue weighted by molar-refractivity contribution is -0.157. The Balaban J connectivity index is 4.21. The number of hydrogen-bond donors (Lipinski definition) is 1. The molecular weight excluding hydrogens is 264 g/mol. The lowest BCUT2D eigenvalue weighted by Gasteiger charge is -2.16. The Kier molecular flexibility index (Phi) is 9.63. The summed E-state index contributed by atoms with van der Waals surface area (Å²) in [5, 5.41) is 9.50. The summed E-state index contributed by atoms with van der Waals surface area (Å²) in [6.07, 6.45) is -0.135. The van der Waals surface area contributed by atoms with E-state index in [0.29, 0.717) is 12.8 Å². The van der Waals surface area contributed by atoms with E-state index >= 15 is 0 Å². The van der Waals surface area contributed by atoms with E-state index in [1.54, 1.807) is 6.92 Å². The van der Waals surface area contributed by atoms with Crippen LogP contribution in [0, 0.1) is 0 Å². The number of carbonyl (C=O) groups excluding carboxylic acids is 3. The minimum absolute atomic E-state index is 0.0179. The van der Waals surface area contributed by atoms with Crippen LogP contribution in [0.4, 0.5) is 0 Å². The van der Waals surface area contributed by atoms with Gasteiger partial charge in [0.25, 0.3) is 0 Å². The maximum atomic E-state index is 11.8. The second-order valence-electron chi connectivity index (χ2n) is 4.58. The summed E-state index contributed by atoms with van der Waals surface area (Å²) >= 11 is 0. The van der Waals surface area contributed by atoms with E-state index in [1.807, 2.05) is 6.92 Å². The molecule has 6 nitrogen and oxygen atoms in total. The van der Waals surface area contributed by atoms with Crippen molar-refractivity contribution in [3.63, 3.8) is 0 Å². The molecule has 0 bridgehead atoms. The Morgan fingerprint density at radius 2 is 1.75 bits per heavy atom. The molecule has 0 fully saturated rings. The molecule has 1 N–H and O–H groups in total. The van der Waals surface area contributed by atoms with Gasteiger partial charge >= 0.3 is 11.9 Å². The van der Waals surface area contributed by atoms with Gasteiger partial charge in [-0.15, -0.1) is 0 Å². The average Bonchev–Trinajstić information content (AvgIpc) is 2.41. The maximum Gasteiger partial charge on any atom is 0.309 e. The second-order valence-corrected chi connectivity index (χ2v) is 4.58. The average molecular weight is 288 g/mol. The molecule has 0 saturated carbocycles. The van der Waals surface area contributed by atoms with Gasteiger partial charge in [-0.05, 0) is 12.8 Å². The number of ether oxygens (including phenoxy) is 2. The van der Waals surface area contributed by atoms with Crippen molar-refractivity contribution in [1.82, 2.24) is 0 Å². The van der Waals surface area contributed by atoms with Gasteiger partial charge in [0.2, 0.25) is 0 Å². The van der Waals surface area contributed by atoms with Crippen molar-refractivity contribution >= 4 is 17.7 Å². The highest BCUT2D eigenvalue weighted by atomic mass is 16.5. The summed E-state index contributed by atoms with van der Waals surface area (Å²) in [5.41, 5.74) is 0. The van der Waals surface area contributed by atoms with E-state index in [-0.39, 0.29) is 25.0 Å². The Labute approximate surface area is 119 Å². The van der Waals surface area contributed by atoms with Crippen molar-refractivity contribution in [3.8, 4) is 0 Å². The smallest absolute Gasteiger partial charge is 0.309 e.